The number of likely N-dealkylation sites (tertiary alicyclic amines) is 1. The summed E-state index contributed by atoms with van der Waals surface area (Å²) in [6, 6.07) is 2.13. The summed E-state index contributed by atoms with van der Waals surface area (Å²) in [6.07, 6.45) is 23.4. The molecule has 0 N–H and O–H groups in total. The number of pyridine rings is 1. The largest absolute Gasteiger partial charge is 0.381 e. The van der Waals surface area contributed by atoms with Crippen LogP contribution >= 0.6 is 0 Å². The summed E-state index contributed by atoms with van der Waals surface area (Å²) >= 11 is 0. The first-order valence-electron chi connectivity index (χ1n) is 15.8. The Morgan fingerprint density at radius 3 is 2.35 bits per heavy atom. The second-order valence-corrected chi connectivity index (χ2v) is 10.4. The van der Waals surface area contributed by atoms with Crippen molar-refractivity contribution in [2.45, 2.75) is 80.6 Å². The highest BCUT2D eigenvalue weighted by atomic mass is 19.1. The lowest BCUT2D eigenvalue weighted by atomic mass is 9.72. The Morgan fingerprint density at radius 1 is 1.05 bits per heavy atom. The first-order valence-corrected chi connectivity index (χ1v) is 15.8. The fourth-order valence-electron chi connectivity index (χ4n) is 5.45. The van der Waals surface area contributed by atoms with Crippen molar-refractivity contribution in [1.29, 1.82) is 0 Å². The second kappa shape index (κ2) is 21.5. The van der Waals surface area contributed by atoms with E-state index in [0.29, 0.717) is 5.41 Å². The number of allylic oxidation sites excluding steroid dienone is 8. The predicted octanol–water partition coefficient (Wildman–Crippen LogP) is 8.62. The van der Waals surface area contributed by atoms with E-state index in [9.17, 15) is 4.39 Å². The monoisotopic (exact) mass is 555 g/mol. The minimum atomic E-state index is -0.420. The Hall–Kier alpha value is -2.24. The van der Waals surface area contributed by atoms with Crippen molar-refractivity contribution in [2.24, 2.45) is 11.3 Å². The van der Waals surface area contributed by atoms with E-state index in [0.717, 1.165) is 44.2 Å². The van der Waals surface area contributed by atoms with Crippen LogP contribution in [0.5, 0.6) is 0 Å². The second-order valence-electron chi connectivity index (χ2n) is 10.4. The maximum atomic E-state index is 12.5. The molecule has 1 spiro atoms. The van der Waals surface area contributed by atoms with Crippen molar-refractivity contribution in [3.05, 3.63) is 72.1 Å². The van der Waals surface area contributed by atoms with Crippen LogP contribution in [0, 0.1) is 11.3 Å². The van der Waals surface area contributed by atoms with Crippen LogP contribution < -0.4 is 4.90 Å². The van der Waals surface area contributed by atoms with Crippen LogP contribution in [0.4, 0.5) is 10.1 Å². The highest BCUT2D eigenvalue weighted by molar-refractivity contribution is 5.57. The van der Waals surface area contributed by atoms with Crippen molar-refractivity contribution in [3.63, 3.8) is 0 Å². The van der Waals surface area contributed by atoms with E-state index in [4.69, 9.17) is 4.74 Å². The van der Waals surface area contributed by atoms with Gasteiger partial charge in [0.1, 0.15) is 6.67 Å². The minimum Gasteiger partial charge on any atom is -0.381 e. The van der Waals surface area contributed by atoms with Crippen LogP contribution in [-0.4, -0.2) is 62.5 Å². The summed E-state index contributed by atoms with van der Waals surface area (Å²) in [6.45, 7) is 21.7. The summed E-state index contributed by atoms with van der Waals surface area (Å²) < 4.78 is 17.9. The number of hydrogen-bond donors (Lipinski definition) is 0. The molecule has 1 aromatic rings. The van der Waals surface area contributed by atoms with Gasteiger partial charge in [0, 0.05) is 75.9 Å². The molecule has 3 aliphatic rings. The van der Waals surface area contributed by atoms with Gasteiger partial charge in [-0.1, -0.05) is 83.6 Å². The van der Waals surface area contributed by atoms with Crippen molar-refractivity contribution >= 4 is 5.69 Å². The minimum absolute atomic E-state index is 0.420. The Bertz CT molecular complexity index is 888. The predicted molar refractivity (Wildman–Crippen MR) is 173 cm³/mol. The van der Waals surface area contributed by atoms with Gasteiger partial charge in [0.25, 0.3) is 0 Å². The molecule has 0 atom stereocenters. The molecule has 0 aromatic carbocycles. The van der Waals surface area contributed by atoms with Gasteiger partial charge < -0.3 is 14.5 Å². The number of anilines is 1. The van der Waals surface area contributed by atoms with Gasteiger partial charge in [0.2, 0.25) is 0 Å². The van der Waals surface area contributed by atoms with Crippen LogP contribution in [0.1, 0.15) is 79.7 Å². The molecule has 0 aliphatic carbocycles. The zero-order valence-corrected chi connectivity index (χ0v) is 26.7. The molecule has 0 amide bonds. The number of halogens is 1. The zero-order valence-electron chi connectivity index (χ0n) is 26.7. The first kappa shape index (κ1) is 35.8. The number of hydrogen-bond acceptors (Lipinski definition) is 4. The van der Waals surface area contributed by atoms with Gasteiger partial charge in [-0.05, 0) is 56.2 Å². The molecule has 4 heterocycles. The average molecular weight is 556 g/mol. The van der Waals surface area contributed by atoms with E-state index in [2.05, 4.69) is 52.1 Å². The van der Waals surface area contributed by atoms with E-state index >= 15 is 0 Å². The molecular formula is C35H58FN3O. The molecular weight excluding hydrogens is 497 g/mol. The van der Waals surface area contributed by atoms with Gasteiger partial charge in [0.05, 0.1) is 0 Å². The molecule has 4 rings (SSSR count). The topological polar surface area (TPSA) is 28.6 Å². The highest BCUT2D eigenvalue weighted by Gasteiger charge is 2.52. The third-order valence-electron chi connectivity index (χ3n) is 7.33. The third-order valence-corrected chi connectivity index (χ3v) is 7.33. The summed E-state index contributed by atoms with van der Waals surface area (Å²) in [4.78, 5) is 9.47. The number of ether oxygens (including phenoxy) is 1. The molecule has 0 saturated carbocycles. The summed E-state index contributed by atoms with van der Waals surface area (Å²) in [5.41, 5.74) is 4.14. The SMILES string of the molecule is C/C=C(\C=C/CF)Cc1cnccc1N1CC2(CN(CC3CCOCC3)C2)C1.C/C=C\C=C/CCC.CC.CC. The van der Waals surface area contributed by atoms with Crippen LogP contribution in [0.2, 0.25) is 0 Å². The number of nitrogens with zero attached hydrogens (tertiary/aromatic N) is 3. The van der Waals surface area contributed by atoms with Gasteiger partial charge in [-0.2, -0.15) is 0 Å². The quantitative estimate of drug-likeness (QED) is 0.270. The lowest BCUT2D eigenvalue weighted by molar-refractivity contribution is -0.0427. The van der Waals surface area contributed by atoms with Crippen molar-refractivity contribution in [1.82, 2.24) is 9.88 Å². The lowest BCUT2D eigenvalue weighted by Gasteiger charge is -2.62. The molecule has 226 valence electrons. The van der Waals surface area contributed by atoms with E-state index < -0.39 is 6.67 Å². The normalized spacial score (nSPS) is 18.9. The maximum absolute atomic E-state index is 12.5. The van der Waals surface area contributed by atoms with E-state index in [1.54, 1.807) is 6.08 Å². The van der Waals surface area contributed by atoms with Crippen molar-refractivity contribution in [3.8, 4) is 0 Å². The highest BCUT2D eigenvalue weighted by Crippen LogP contribution is 2.43. The van der Waals surface area contributed by atoms with Gasteiger partial charge in [-0.25, -0.2) is 4.39 Å². The standard InChI is InChI=1S/C23H32FN3O.C8H14.2C2H6/c1-2-19(4-3-8-24)12-21-13-25-9-5-22(21)27-17-23(18-27)15-26(16-23)14-20-6-10-28-11-7-20;1-3-5-7-8-6-4-2;2*1-2/h2-5,9,13,20H,6-8,10-12,14-18H2,1H3;3,5,7-8H,4,6H2,1-2H3;2*1-2H3/b4-3-,19-2+;5-3-,8-7-;;. The molecule has 3 aliphatic heterocycles. The zero-order chi connectivity index (χ0) is 29.6. The van der Waals surface area contributed by atoms with Crippen molar-refractivity contribution in [2.75, 3.05) is 57.5 Å². The molecule has 3 fully saturated rings. The Labute approximate surface area is 246 Å². The third kappa shape index (κ3) is 12.1. The van der Waals surface area contributed by atoms with Crippen LogP contribution in [-0.2, 0) is 11.2 Å². The number of rotatable bonds is 10. The van der Waals surface area contributed by atoms with Crippen molar-refractivity contribution < 1.29 is 9.13 Å². The number of alkyl halides is 1. The molecule has 5 heteroatoms. The summed E-state index contributed by atoms with van der Waals surface area (Å²) in [7, 11) is 0. The number of unbranched alkanes of at least 4 members (excludes halogenated alkanes) is 1. The Kier molecular flexibility index (Phi) is 19.2. The number of aromatic nitrogens is 1. The Morgan fingerprint density at radius 2 is 1.75 bits per heavy atom. The summed E-state index contributed by atoms with van der Waals surface area (Å²) in [5.74, 6) is 0.825. The fourth-order valence-corrected chi connectivity index (χ4v) is 5.45. The van der Waals surface area contributed by atoms with Gasteiger partial charge in [-0.15, -0.1) is 0 Å². The van der Waals surface area contributed by atoms with Crippen LogP contribution in [0.25, 0.3) is 0 Å². The summed E-state index contributed by atoms with van der Waals surface area (Å²) in [5, 5.41) is 0. The van der Waals surface area contributed by atoms with Gasteiger partial charge >= 0.3 is 0 Å². The Balaban J connectivity index is 0.000000571. The van der Waals surface area contributed by atoms with E-state index in [1.807, 2.05) is 66.1 Å². The molecule has 4 nitrogen and oxygen atoms in total. The fraction of sp³-hybridized carbons (Fsp3) is 0.629. The van der Waals surface area contributed by atoms with Gasteiger partial charge in [0.15, 0.2) is 0 Å². The first-order chi connectivity index (χ1) is 19.6. The molecule has 0 unspecified atom stereocenters. The van der Waals surface area contributed by atoms with E-state index in [1.165, 1.54) is 56.6 Å². The molecule has 0 radical (unpaired) electrons. The van der Waals surface area contributed by atoms with Crippen LogP contribution in [0.3, 0.4) is 0 Å². The average Bonchev–Trinajstić information content (AvgIpc) is 2.97. The lowest BCUT2D eigenvalue weighted by Crippen LogP contribution is -2.72. The maximum Gasteiger partial charge on any atom is 0.108 e. The molecule has 0 bridgehead atoms. The molecule has 3 saturated heterocycles. The van der Waals surface area contributed by atoms with E-state index in [-0.39, 0.29) is 0 Å². The van der Waals surface area contributed by atoms with Crippen LogP contribution in [0.15, 0.2) is 66.6 Å². The molecule has 40 heavy (non-hydrogen) atoms. The smallest absolute Gasteiger partial charge is 0.108 e. The van der Waals surface area contributed by atoms with Gasteiger partial charge in [-0.3, -0.25) is 4.98 Å². The molecule has 1 aromatic heterocycles.